The molecule has 1 unspecified atom stereocenters. The van der Waals surface area contributed by atoms with Crippen LogP contribution in [0.5, 0.6) is 0 Å². The Hall–Kier alpha value is -1.36. The van der Waals surface area contributed by atoms with Gasteiger partial charge in [-0.3, -0.25) is 0 Å². The van der Waals surface area contributed by atoms with Crippen LogP contribution in [0.15, 0.2) is 24.4 Å². The predicted molar refractivity (Wildman–Crippen MR) is 68.4 cm³/mol. The molecule has 1 aromatic heterocycles. The first-order chi connectivity index (χ1) is 8.69. The number of ether oxygens (including phenoxy) is 1. The first kappa shape index (κ1) is 11.7. The second-order valence-corrected chi connectivity index (χ2v) is 4.94. The van der Waals surface area contributed by atoms with Crippen molar-refractivity contribution in [1.82, 2.24) is 4.98 Å². The summed E-state index contributed by atoms with van der Waals surface area (Å²) in [6, 6.07) is 6.22. The topological polar surface area (TPSA) is 65.5 Å². The fourth-order valence-corrected chi connectivity index (χ4v) is 2.62. The number of nitrogens with one attached hydrogen (secondary N) is 1. The lowest BCUT2D eigenvalue weighted by atomic mass is 10.0. The van der Waals surface area contributed by atoms with E-state index in [-0.39, 0.29) is 12.7 Å². The maximum atomic E-state index is 9.79. The number of aliphatic hydroxyl groups is 2. The summed E-state index contributed by atoms with van der Waals surface area (Å²) >= 11 is 0. The minimum absolute atomic E-state index is 0.140. The average molecular weight is 247 g/mol. The van der Waals surface area contributed by atoms with Crippen molar-refractivity contribution in [1.29, 1.82) is 0 Å². The van der Waals surface area contributed by atoms with Crippen LogP contribution in [-0.2, 0) is 4.74 Å². The molecule has 0 spiro atoms. The van der Waals surface area contributed by atoms with Gasteiger partial charge in [0.2, 0.25) is 0 Å². The Morgan fingerprint density at radius 1 is 1.44 bits per heavy atom. The highest BCUT2D eigenvalue weighted by molar-refractivity contribution is 5.84. The molecule has 96 valence electrons. The molecule has 4 nitrogen and oxygen atoms in total. The van der Waals surface area contributed by atoms with Crippen LogP contribution in [0.3, 0.4) is 0 Å². The summed E-state index contributed by atoms with van der Waals surface area (Å²) in [5, 5.41) is 20.0. The van der Waals surface area contributed by atoms with E-state index in [1.54, 1.807) is 0 Å². The van der Waals surface area contributed by atoms with E-state index in [0.29, 0.717) is 6.42 Å². The van der Waals surface area contributed by atoms with Gasteiger partial charge in [0.25, 0.3) is 0 Å². The van der Waals surface area contributed by atoms with Crippen molar-refractivity contribution < 1.29 is 14.9 Å². The van der Waals surface area contributed by atoms with E-state index in [9.17, 15) is 5.11 Å². The van der Waals surface area contributed by atoms with Crippen LogP contribution >= 0.6 is 0 Å². The fourth-order valence-electron chi connectivity index (χ4n) is 2.62. The molecular weight excluding hydrogens is 230 g/mol. The van der Waals surface area contributed by atoms with Crippen LogP contribution in [0.1, 0.15) is 23.7 Å². The molecule has 1 aromatic carbocycles. The van der Waals surface area contributed by atoms with E-state index >= 15 is 0 Å². The lowest BCUT2D eigenvalue weighted by Crippen LogP contribution is -2.24. The highest BCUT2D eigenvalue weighted by atomic mass is 16.5. The monoisotopic (exact) mass is 247 g/mol. The van der Waals surface area contributed by atoms with Gasteiger partial charge in [-0.2, -0.15) is 0 Å². The highest BCUT2D eigenvalue weighted by Gasteiger charge is 2.35. The van der Waals surface area contributed by atoms with Gasteiger partial charge in [0.15, 0.2) is 0 Å². The molecule has 3 rings (SSSR count). The van der Waals surface area contributed by atoms with Crippen LogP contribution in [0.4, 0.5) is 0 Å². The minimum Gasteiger partial charge on any atom is -0.394 e. The smallest absolute Gasteiger partial charge is 0.107 e. The number of benzene rings is 1. The van der Waals surface area contributed by atoms with Gasteiger partial charge in [-0.25, -0.2) is 0 Å². The summed E-state index contributed by atoms with van der Waals surface area (Å²) in [5.74, 6) is 0. The van der Waals surface area contributed by atoms with Crippen molar-refractivity contribution >= 4 is 10.9 Å². The Balaban J connectivity index is 1.98. The molecule has 0 saturated carbocycles. The third kappa shape index (κ3) is 1.82. The van der Waals surface area contributed by atoms with Crippen LogP contribution in [0.25, 0.3) is 10.9 Å². The maximum Gasteiger partial charge on any atom is 0.107 e. The Kier molecular flexibility index (Phi) is 2.86. The molecular formula is C14H17NO3. The van der Waals surface area contributed by atoms with Gasteiger partial charge in [0.1, 0.15) is 6.10 Å². The van der Waals surface area contributed by atoms with Crippen LogP contribution in [-0.4, -0.2) is 34.0 Å². The largest absolute Gasteiger partial charge is 0.394 e. The second kappa shape index (κ2) is 4.39. The summed E-state index contributed by atoms with van der Waals surface area (Å²) in [5.41, 5.74) is 3.32. The summed E-state index contributed by atoms with van der Waals surface area (Å²) in [4.78, 5) is 3.22. The Bertz CT molecular complexity index is 563. The molecule has 3 atom stereocenters. The molecule has 1 aliphatic heterocycles. The standard InChI is InChI=1S/C14H17NO3/c1-8-2-3-11-9(4-8)10(6-15-11)13-5-12(17)14(7-16)18-13/h2-4,6,12-17H,5,7H2,1H3/t12-,13?,14+/m0/s1. The van der Waals surface area contributed by atoms with Crippen LogP contribution < -0.4 is 0 Å². The summed E-state index contributed by atoms with van der Waals surface area (Å²) in [6.45, 7) is 1.91. The van der Waals surface area contributed by atoms with E-state index in [0.717, 1.165) is 16.5 Å². The molecule has 2 aromatic rings. The molecule has 0 bridgehead atoms. The molecule has 3 N–H and O–H groups in total. The molecule has 1 fully saturated rings. The normalized spacial score (nSPS) is 28.1. The zero-order chi connectivity index (χ0) is 12.7. The summed E-state index contributed by atoms with van der Waals surface area (Å²) in [7, 11) is 0. The molecule has 1 saturated heterocycles. The Morgan fingerprint density at radius 3 is 3.00 bits per heavy atom. The Labute approximate surface area is 105 Å². The zero-order valence-electron chi connectivity index (χ0n) is 10.3. The SMILES string of the molecule is Cc1ccc2[nH]cc(C3C[C@H](O)[C@@H](CO)O3)c2c1. The van der Waals surface area contributed by atoms with Gasteiger partial charge >= 0.3 is 0 Å². The number of aromatic nitrogens is 1. The van der Waals surface area contributed by atoms with Gasteiger partial charge in [-0.1, -0.05) is 11.6 Å². The van der Waals surface area contributed by atoms with Crippen molar-refractivity contribution in [2.45, 2.75) is 31.7 Å². The van der Waals surface area contributed by atoms with Gasteiger partial charge in [-0.15, -0.1) is 0 Å². The highest BCUT2D eigenvalue weighted by Crippen LogP contribution is 2.36. The van der Waals surface area contributed by atoms with Gasteiger partial charge < -0.3 is 19.9 Å². The van der Waals surface area contributed by atoms with Gasteiger partial charge in [0, 0.05) is 29.1 Å². The number of rotatable bonds is 2. The van der Waals surface area contributed by atoms with Crippen LogP contribution in [0.2, 0.25) is 0 Å². The lowest BCUT2D eigenvalue weighted by Gasteiger charge is -2.11. The molecule has 4 heteroatoms. The molecule has 0 amide bonds. The van der Waals surface area contributed by atoms with Crippen LogP contribution in [0, 0.1) is 6.92 Å². The number of H-pyrrole nitrogens is 1. The number of aromatic amines is 1. The zero-order valence-corrected chi connectivity index (χ0v) is 10.3. The first-order valence-electron chi connectivity index (χ1n) is 6.21. The van der Waals surface area contributed by atoms with Crippen molar-refractivity contribution in [3.8, 4) is 0 Å². The number of aliphatic hydroxyl groups excluding tert-OH is 2. The molecule has 0 radical (unpaired) electrons. The van der Waals surface area contributed by atoms with Crippen molar-refractivity contribution in [3.63, 3.8) is 0 Å². The summed E-state index contributed by atoms with van der Waals surface area (Å²) < 4.78 is 5.70. The summed E-state index contributed by atoms with van der Waals surface area (Å²) in [6.07, 6.45) is 1.26. The predicted octanol–water partition coefficient (Wildman–Crippen LogP) is 1.66. The molecule has 2 heterocycles. The molecule has 1 aliphatic rings. The fraction of sp³-hybridized carbons (Fsp3) is 0.429. The van der Waals surface area contributed by atoms with Crippen molar-refractivity contribution in [2.24, 2.45) is 0 Å². The quantitative estimate of drug-likeness (QED) is 0.756. The van der Waals surface area contributed by atoms with Crippen molar-refractivity contribution in [3.05, 3.63) is 35.5 Å². The third-order valence-corrected chi connectivity index (χ3v) is 3.62. The number of hydrogen-bond acceptors (Lipinski definition) is 3. The number of fused-ring (bicyclic) bond motifs is 1. The number of hydrogen-bond donors (Lipinski definition) is 3. The molecule has 0 aliphatic carbocycles. The van der Waals surface area contributed by atoms with Crippen molar-refractivity contribution in [2.75, 3.05) is 6.61 Å². The first-order valence-corrected chi connectivity index (χ1v) is 6.21. The van der Waals surface area contributed by atoms with E-state index in [1.807, 2.05) is 12.3 Å². The van der Waals surface area contributed by atoms with E-state index < -0.39 is 12.2 Å². The van der Waals surface area contributed by atoms with E-state index in [2.05, 4.69) is 24.0 Å². The minimum atomic E-state index is -0.588. The molecule has 18 heavy (non-hydrogen) atoms. The lowest BCUT2D eigenvalue weighted by molar-refractivity contribution is -0.0222. The van der Waals surface area contributed by atoms with E-state index in [1.165, 1.54) is 5.56 Å². The average Bonchev–Trinajstić information content (AvgIpc) is 2.91. The van der Waals surface area contributed by atoms with E-state index in [4.69, 9.17) is 9.84 Å². The third-order valence-electron chi connectivity index (χ3n) is 3.62. The Morgan fingerprint density at radius 2 is 2.28 bits per heavy atom. The van der Waals surface area contributed by atoms with Gasteiger partial charge in [0.05, 0.1) is 18.8 Å². The number of aryl methyl sites for hydroxylation is 1. The second-order valence-electron chi connectivity index (χ2n) is 4.94. The maximum absolute atomic E-state index is 9.79. The van der Waals surface area contributed by atoms with Gasteiger partial charge in [-0.05, 0) is 19.1 Å².